The zero-order valence-corrected chi connectivity index (χ0v) is 15.9. The van der Waals surface area contributed by atoms with Gasteiger partial charge in [-0.25, -0.2) is 4.98 Å². The Morgan fingerprint density at radius 2 is 1.82 bits per heavy atom. The molecule has 0 aliphatic rings. The van der Waals surface area contributed by atoms with Gasteiger partial charge in [-0.15, -0.1) is 0 Å². The van der Waals surface area contributed by atoms with E-state index in [1.165, 1.54) is 0 Å². The van der Waals surface area contributed by atoms with Gasteiger partial charge >= 0.3 is 0 Å². The number of likely N-dealkylation sites (N-methyl/N-ethyl adjacent to an activating group) is 1. The molecule has 2 aromatic carbocycles. The van der Waals surface area contributed by atoms with Gasteiger partial charge in [0.2, 0.25) is 0 Å². The van der Waals surface area contributed by atoms with Crippen molar-refractivity contribution >= 4 is 5.82 Å². The van der Waals surface area contributed by atoms with Crippen molar-refractivity contribution in [2.75, 3.05) is 33.0 Å². The van der Waals surface area contributed by atoms with Crippen LogP contribution in [0.2, 0.25) is 0 Å². The highest BCUT2D eigenvalue weighted by Gasteiger charge is 2.16. The van der Waals surface area contributed by atoms with Gasteiger partial charge in [0.1, 0.15) is 35.6 Å². The Bertz CT molecular complexity index is 1010. The van der Waals surface area contributed by atoms with Crippen molar-refractivity contribution < 1.29 is 9.84 Å². The van der Waals surface area contributed by atoms with Crippen molar-refractivity contribution in [1.82, 2.24) is 9.88 Å². The summed E-state index contributed by atoms with van der Waals surface area (Å²) in [5, 5.41) is 19.2. The van der Waals surface area contributed by atoms with E-state index in [2.05, 4.69) is 11.1 Å². The number of aromatic hydroxyl groups is 1. The van der Waals surface area contributed by atoms with E-state index in [4.69, 9.17) is 10.5 Å². The number of rotatable bonds is 6. The normalized spacial score (nSPS) is 10.6. The highest BCUT2D eigenvalue weighted by molar-refractivity contribution is 5.83. The van der Waals surface area contributed by atoms with E-state index in [-0.39, 0.29) is 11.6 Å². The summed E-state index contributed by atoms with van der Waals surface area (Å²) in [5.41, 5.74) is 9.27. The fourth-order valence-electron chi connectivity index (χ4n) is 2.83. The average Bonchev–Trinajstić information content (AvgIpc) is 2.68. The van der Waals surface area contributed by atoms with E-state index >= 15 is 0 Å². The molecule has 3 aromatic rings. The van der Waals surface area contributed by atoms with E-state index in [1.54, 1.807) is 24.3 Å². The summed E-state index contributed by atoms with van der Waals surface area (Å²) < 4.78 is 5.96. The van der Waals surface area contributed by atoms with Crippen LogP contribution in [0.5, 0.6) is 11.5 Å². The molecule has 0 radical (unpaired) electrons. The number of hydrogen-bond donors (Lipinski definition) is 2. The number of nitrogens with zero attached hydrogens (tertiary/aromatic N) is 3. The second-order valence-corrected chi connectivity index (χ2v) is 6.62. The molecule has 6 heteroatoms. The molecule has 6 nitrogen and oxygen atoms in total. The molecule has 0 saturated carbocycles. The SMILES string of the molecule is CN(C)CCOc1ccccc1-c1cc(-c2ccc(O)cc2)nc(N)c1C#N. The molecule has 0 bridgehead atoms. The van der Waals surface area contributed by atoms with Gasteiger partial charge in [-0.3, -0.25) is 0 Å². The minimum Gasteiger partial charge on any atom is -0.508 e. The first kappa shape index (κ1) is 19.2. The zero-order valence-electron chi connectivity index (χ0n) is 15.9. The Labute approximate surface area is 164 Å². The summed E-state index contributed by atoms with van der Waals surface area (Å²) in [4.78, 5) is 6.41. The summed E-state index contributed by atoms with van der Waals surface area (Å²) in [7, 11) is 3.97. The lowest BCUT2D eigenvalue weighted by Gasteiger charge is -2.16. The predicted octanol–water partition coefficient (Wildman–Crippen LogP) is 3.52. The number of hydrogen-bond acceptors (Lipinski definition) is 6. The van der Waals surface area contributed by atoms with Crippen LogP contribution in [-0.2, 0) is 0 Å². The molecule has 28 heavy (non-hydrogen) atoms. The van der Waals surface area contributed by atoms with Gasteiger partial charge in [-0.1, -0.05) is 18.2 Å². The van der Waals surface area contributed by atoms with Crippen LogP contribution in [-0.4, -0.2) is 42.2 Å². The lowest BCUT2D eigenvalue weighted by Crippen LogP contribution is -2.19. The Balaban J connectivity index is 2.08. The number of nitriles is 1. The van der Waals surface area contributed by atoms with Gasteiger partial charge in [0.05, 0.1) is 5.69 Å². The van der Waals surface area contributed by atoms with Crippen molar-refractivity contribution in [2.45, 2.75) is 0 Å². The van der Waals surface area contributed by atoms with Crippen molar-refractivity contribution in [3.8, 4) is 40.0 Å². The number of aromatic nitrogens is 1. The third kappa shape index (κ3) is 4.22. The molecular weight excluding hydrogens is 352 g/mol. The standard InChI is InChI=1S/C22H22N4O2/c1-26(2)11-12-28-21-6-4-3-5-17(21)18-13-20(25-22(24)19(18)14-23)15-7-9-16(27)10-8-15/h3-10,13,27H,11-12H2,1-2H3,(H2,24,25). The maximum Gasteiger partial charge on any atom is 0.142 e. The molecule has 0 aliphatic heterocycles. The summed E-state index contributed by atoms with van der Waals surface area (Å²) in [6.07, 6.45) is 0. The van der Waals surface area contributed by atoms with Gasteiger partial charge in [0, 0.05) is 23.2 Å². The summed E-state index contributed by atoms with van der Waals surface area (Å²) in [6, 6.07) is 18.2. The second kappa shape index (κ2) is 8.42. The number of anilines is 1. The van der Waals surface area contributed by atoms with E-state index in [0.29, 0.717) is 29.2 Å². The average molecular weight is 374 g/mol. The monoisotopic (exact) mass is 374 g/mol. The fraction of sp³-hybridized carbons (Fsp3) is 0.182. The van der Waals surface area contributed by atoms with E-state index in [0.717, 1.165) is 17.7 Å². The smallest absolute Gasteiger partial charge is 0.142 e. The zero-order chi connectivity index (χ0) is 20.1. The molecular formula is C22H22N4O2. The van der Waals surface area contributed by atoms with Gasteiger partial charge in [-0.05, 0) is 50.5 Å². The van der Waals surface area contributed by atoms with E-state index in [1.807, 2.05) is 49.3 Å². The van der Waals surface area contributed by atoms with Gasteiger partial charge in [0.25, 0.3) is 0 Å². The molecule has 0 aliphatic carbocycles. The van der Waals surface area contributed by atoms with Gasteiger partial charge in [0.15, 0.2) is 0 Å². The van der Waals surface area contributed by atoms with Crippen LogP contribution < -0.4 is 10.5 Å². The van der Waals surface area contributed by atoms with Gasteiger partial charge in [-0.2, -0.15) is 5.26 Å². The van der Waals surface area contributed by atoms with Crippen LogP contribution >= 0.6 is 0 Å². The number of ether oxygens (including phenoxy) is 1. The van der Waals surface area contributed by atoms with E-state index in [9.17, 15) is 10.4 Å². The molecule has 0 fully saturated rings. The highest BCUT2D eigenvalue weighted by atomic mass is 16.5. The molecule has 3 N–H and O–H groups in total. The molecule has 3 rings (SSSR count). The molecule has 1 heterocycles. The Kier molecular flexibility index (Phi) is 5.78. The summed E-state index contributed by atoms with van der Waals surface area (Å²) >= 11 is 0. The second-order valence-electron chi connectivity index (χ2n) is 6.62. The maximum absolute atomic E-state index is 9.65. The molecule has 0 spiro atoms. The molecule has 0 unspecified atom stereocenters. The lowest BCUT2D eigenvalue weighted by atomic mass is 9.97. The quantitative estimate of drug-likeness (QED) is 0.685. The summed E-state index contributed by atoms with van der Waals surface area (Å²) in [6.45, 7) is 1.30. The Morgan fingerprint density at radius 3 is 2.50 bits per heavy atom. The third-order valence-corrected chi connectivity index (χ3v) is 4.30. The molecule has 142 valence electrons. The number of nitrogens with two attached hydrogens (primary N) is 1. The number of pyridine rings is 1. The first-order chi connectivity index (χ1) is 13.5. The Morgan fingerprint density at radius 1 is 1.11 bits per heavy atom. The number of nitrogen functional groups attached to an aromatic ring is 1. The van der Waals surface area contributed by atoms with Crippen LogP contribution in [0.3, 0.4) is 0 Å². The van der Waals surface area contributed by atoms with Crippen molar-refractivity contribution in [1.29, 1.82) is 5.26 Å². The fourth-order valence-corrected chi connectivity index (χ4v) is 2.83. The van der Waals surface area contributed by atoms with Crippen LogP contribution in [0, 0.1) is 11.3 Å². The molecule has 0 amide bonds. The number of phenols is 1. The number of para-hydroxylation sites is 1. The lowest BCUT2D eigenvalue weighted by molar-refractivity contribution is 0.262. The third-order valence-electron chi connectivity index (χ3n) is 4.30. The van der Waals surface area contributed by atoms with Crippen molar-refractivity contribution in [3.63, 3.8) is 0 Å². The molecule has 1 aromatic heterocycles. The minimum absolute atomic E-state index is 0.158. The summed E-state index contributed by atoms with van der Waals surface area (Å²) in [5.74, 6) is 1.01. The van der Waals surface area contributed by atoms with Gasteiger partial charge < -0.3 is 20.5 Å². The maximum atomic E-state index is 9.65. The van der Waals surface area contributed by atoms with Crippen LogP contribution in [0.15, 0.2) is 54.6 Å². The Hall–Kier alpha value is -3.56. The van der Waals surface area contributed by atoms with E-state index < -0.39 is 0 Å². The topological polar surface area (TPSA) is 95.4 Å². The van der Waals surface area contributed by atoms with Crippen LogP contribution in [0.4, 0.5) is 5.82 Å². The molecule has 0 saturated heterocycles. The number of phenolic OH excluding ortho intramolecular Hbond substituents is 1. The highest BCUT2D eigenvalue weighted by Crippen LogP contribution is 2.36. The number of benzene rings is 2. The first-order valence-corrected chi connectivity index (χ1v) is 8.86. The van der Waals surface area contributed by atoms with Crippen molar-refractivity contribution in [3.05, 3.63) is 60.2 Å². The predicted molar refractivity (Wildman–Crippen MR) is 110 cm³/mol. The van der Waals surface area contributed by atoms with Crippen LogP contribution in [0.1, 0.15) is 5.56 Å². The largest absolute Gasteiger partial charge is 0.508 e. The first-order valence-electron chi connectivity index (χ1n) is 8.86. The molecule has 0 atom stereocenters. The minimum atomic E-state index is 0.158. The van der Waals surface area contributed by atoms with Crippen molar-refractivity contribution in [2.24, 2.45) is 0 Å². The van der Waals surface area contributed by atoms with Crippen LogP contribution in [0.25, 0.3) is 22.4 Å².